The molecule has 0 bridgehead atoms. The van der Waals surface area contributed by atoms with Gasteiger partial charge in [0.25, 0.3) is 5.69 Å². The van der Waals surface area contributed by atoms with E-state index in [1.807, 2.05) is 0 Å². The summed E-state index contributed by atoms with van der Waals surface area (Å²) in [4.78, 5) is 20.9. The second-order valence-electron chi connectivity index (χ2n) is 4.57. The maximum atomic E-state index is 12.6. The minimum atomic E-state index is -4.63. The average Bonchev–Trinajstić information content (AvgIpc) is 2.51. The molecule has 25 heavy (non-hydrogen) atoms. The fraction of sp³-hybridized carbons (Fsp3) is 0.417. The second-order valence-corrected chi connectivity index (χ2v) is 7.41. The molecule has 1 rings (SSSR count). The smallest absolute Gasteiger partial charge is 0.340 e. The van der Waals surface area contributed by atoms with Gasteiger partial charge in [0.1, 0.15) is 4.90 Å². The second kappa shape index (κ2) is 7.99. The predicted molar refractivity (Wildman–Crippen MR) is 78.8 cm³/mol. The molecule has 0 aliphatic heterocycles. The summed E-state index contributed by atoms with van der Waals surface area (Å²) in [5, 5.41) is 11.0. The number of thioether (sulfide) groups is 1. The number of rotatable bonds is 8. The number of nitro benzene ring substituents is 1. The van der Waals surface area contributed by atoms with E-state index in [-0.39, 0.29) is 0 Å². The standard InChI is InChI=1S/C12H11F4NO6S2/c1-24-7-2-3-9(8(4-7)17(19)20)25(21,22)5-10(18)23-6-12(15,16)11(13)14/h2-4,11H,5-6H2,1H3. The van der Waals surface area contributed by atoms with Crippen molar-refractivity contribution >= 4 is 33.3 Å². The van der Waals surface area contributed by atoms with Gasteiger partial charge in [-0.1, -0.05) is 0 Å². The van der Waals surface area contributed by atoms with Gasteiger partial charge < -0.3 is 4.74 Å². The van der Waals surface area contributed by atoms with E-state index in [9.17, 15) is 40.9 Å². The summed E-state index contributed by atoms with van der Waals surface area (Å²) >= 11 is 1.10. The lowest BCUT2D eigenvalue weighted by Crippen LogP contribution is -2.34. The molecule has 1 aromatic carbocycles. The SMILES string of the molecule is CSc1ccc(S(=O)(=O)CC(=O)OCC(F)(F)C(F)F)c([N+](=O)[O-])c1. The molecule has 0 atom stereocenters. The van der Waals surface area contributed by atoms with E-state index < -0.39 is 56.0 Å². The summed E-state index contributed by atoms with van der Waals surface area (Å²) in [6, 6.07) is 3.11. The Morgan fingerprint density at radius 3 is 2.48 bits per heavy atom. The van der Waals surface area contributed by atoms with Gasteiger partial charge in [0.05, 0.1) is 4.92 Å². The molecule has 0 saturated heterocycles. The number of nitrogens with zero attached hydrogens (tertiary/aromatic N) is 1. The Labute approximate surface area is 143 Å². The molecule has 13 heteroatoms. The average molecular weight is 405 g/mol. The molecule has 0 aliphatic carbocycles. The van der Waals surface area contributed by atoms with Crippen molar-refractivity contribution in [3.63, 3.8) is 0 Å². The lowest BCUT2D eigenvalue weighted by atomic mass is 10.3. The zero-order valence-corrected chi connectivity index (χ0v) is 14.1. The van der Waals surface area contributed by atoms with Gasteiger partial charge in [0, 0.05) is 11.0 Å². The van der Waals surface area contributed by atoms with Gasteiger partial charge in [-0.05, 0) is 18.4 Å². The van der Waals surface area contributed by atoms with Crippen LogP contribution >= 0.6 is 11.8 Å². The first-order chi connectivity index (χ1) is 11.4. The van der Waals surface area contributed by atoms with E-state index in [4.69, 9.17) is 0 Å². The van der Waals surface area contributed by atoms with Crippen molar-refractivity contribution < 1.29 is 40.4 Å². The number of esters is 1. The third-order valence-electron chi connectivity index (χ3n) is 2.75. The number of hydrogen-bond donors (Lipinski definition) is 0. The number of benzene rings is 1. The van der Waals surface area contributed by atoms with Crippen LogP contribution in [0.15, 0.2) is 28.0 Å². The van der Waals surface area contributed by atoms with E-state index in [0.29, 0.717) is 4.90 Å². The van der Waals surface area contributed by atoms with E-state index in [1.165, 1.54) is 6.07 Å². The highest BCUT2D eigenvalue weighted by Gasteiger charge is 2.42. The minimum Gasteiger partial charge on any atom is -0.458 e. The number of nitro groups is 1. The number of ether oxygens (including phenoxy) is 1. The van der Waals surface area contributed by atoms with Gasteiger partial charge in [-0.3, -0.25) is 14.9 Å². The molecule has 0 N–H and O–H groups in total. The first-order valence-electron chi connectivity index (χ1n) is 6.27. The van der Waals surface area contributed by atoms with Crippen molar-refractivity contribution in [2.75, 3.05) is 18.6 Å². The van der Waals surface area contributed by atoms with Crippen LogP contribution in [0.4, 0.5) is 23.2 Å². The minimum absolute atomic E-state index is 0.379. The van der Waals surface area contributed by atoms with Crippen molar-refractivity contribution in [1.82, 2.24) is 0 Å². The van der Waals surface area contributed by atoms with Crippen molar-refractivity contribution in [1.29, 1.82) is 0 Å². The van der Waals surface area contributed by atoms with Crippen LogP contribution in [0.1, 0.15) is 0 Å². The summed E-state index contributed by atoms with van der Waals surface area (Å²) in [5.41, 5.74) is -0.808. The van der Waals surface area contributed by atoms with Crippen LogP contribution in [-0.4, -0.2) is 50.3 Å². The van der Waals surface area contributed by atoms with Gasteiger partial charge >= 0.3 is 18.3 Å². The number of carbonyl (C=O) groups excluding carboxylic acids is 1. The molecule has 7 nitrogen and oxygen atoms in total. The molecule has 0 unspecified atom stereocenters. The topological polar surface area (TPSA) is 104 Å². The first kappa shape index (κ1) is 21.2. The van der Waals surface area contributed by atoms with E-state index >= 15 is 0 Å². The van der Waals surface area contributed by atoms with E-state index in [0.717, 1.165) is 23.9 Å². The first-order valence-corrected chi connectivity index (χ1v) is 9.15. The van der Waals surface area contributed by atoms with Gasteiger partial charge in [-0.25, -0.2) is 17.2 Å². The molecule has 0 radical (unpaired) electrons. The van der Waals surface area contributed by atoms with E-state index in [1.54, 1.807) is 6.26 Å². The molecule has 0 saturated carbocycles. The lowest BCUT2D eigenvalue weighted by Gasteiger charge is -2.15. The highest BCUT2D eigenvalue weighted by molar-refractivity contribution is 7.98. The zero-order valence-electron chi connectivity index (χ0n) is 12.4. The third-order valence-corrected chi connectivity index (χ3v) is 5.11. The fourth-order valence-electron chi connectivity index (χ4n) is 1.54. The van der Waals surface area contributed by atoms with Crippen LogP contribution < -0.4 is 0 Å². The van der Waals surface area contributed by atoms with Gasteiger partial charge in [0.15, 0.2) is 22.2 Å². The van der Waals surface area contributed by atoms with Gasteiger partial charge in [-0.15, -0.1) is 11.8 Å². The Balaban J connectivity index is 2.99. The normalized spacial score (nSPS) is 12.2. The maximum absolute atomic E-state index is 12.6. The van der Waals surface area contributed by atoms with Gasteiger partial charge in [-0.2, -0.15) is 8.78 Å². The molecule has 140 valence electrons. The lowest BCUT2D eigenvalue weighted by molar-refractivity contribution is -0.388. The Hall–Kier alpha value is -1.89. The Bertz CT molecular complexity index is 769. The van der Waals surface area contributed by atoms with Crippen molar-refractivity contribution in [3.8, 4) is 0 Å². The van der Waals surface area contributed by atoms with Crippen molar-refractivity contribution in [2.45, 2.75) is 22.1 Å². The van der Waals surface area contributed by atoms with Crippen molar-refractivity contribution in [3.05, 3.63) is 28.3 Å². The molecule has 0 aromatic heterocycles. The molecule has 0 heterocycles. The molecule has 0 spiro atoms. The quantitative estimate of drug-likeness (QED) is 0.215. The number of sulfone groups is 1. The monoisotopic (exact) mass is 405 g/mol. The summed E-state index contributed by atoms with van der Waals surface area (Å²) in [7, 11) is -4.61. The van der Waals surface area contributed by atoms with E-state index in [2.05, 4.69) is 4.74 Å². The molecular weight excluding hydrogens is 394 g/mol. The number of halogens is 4. The highest BCUT2D eigenvalue weighted by Crippen LogP contribution is 2.29. The van der Waals surface area contributed by atoms with Gasteiger partial charge in [0.2, 0.25) is 0 Å². The van der Waals surface area contributed by atoms with Crippen LogP contribution in [0.2, 0.25) is 0 Å². The molecule has 0 fully saturated rings. The third kappa shape index (κ3) is 5.56. The van der Waals surface area contributed by atoms with Crippen LogP contribution in [0, 0.1) is 10.1 Å². The summed E-state index contributed by atoms with van der Waals surface area (Å²) < 4.78 is 77.2. The Kier molecular flexibility index (Phi) is 6.76. The molecule has 1 aromatic rings. The maximum Gasteiger partial charge on any atom is 0.340 e. The molecule has 0 amide bonds. The Morgan fingerprint density at radius 1 is 1.40 bits per heavy atom. The highest BCUT2D eigenvalue weighted by atomic mass is 32.2. The molecule has 0 aliphatic rings. The summed E-state index contributed by atoms with van der Waals surface area (Å²) in [6.07, 6.45) is -2.51. The Morgan fingerprint density at radius 2 is 2.00 bits per heavy atom. The van der Waals surface area contributed by atoms with Crippen LogP contribution in [0.5, 0.6) is 0 Å². The zero-order chi connectivity index (χ0) is 19.4. The van der Waals surface area contributed by atoms with Crippen molar-refractivity contribution in [2.24, 2.45) is 0 Å². The number of alkyl halides is 4. The van der Waals surface area contributed by atoms with Crippen LogP contribution in [-0.2, 0) is 19.4 Å². The summed E-state index contributed by atoms with van der Waals surface area (Å²) in [5.74, 6) is -7.87. The summed E-state index contributed by atoms with van der Waals surface area (Å²) in [6.45, 7) is -2.01. The largest absolute Gasteiger partial charge is 0.458 e. The van der Waals surface area contributed by atoms with Crippen LogP contribution in [0.3, 0.4) is 0 Å². The number of carbonyl (C=O) groups is 1. The number of hydrogen-bond acceptors (Lipinski definition) is 7. The van der Waals surface area contributed by atoms with Crippen LogP contribution in [0.25, 0.3) is 0 Å². The fourth-order valence-corrected chi connectivity index (χ4v) is 3.25. The predicted octanol–water partition coefficient (Wildman–Crippen LogP) is 2.53. The molecular formula is C12H11F4NO6S2.